The topological polar surface area (TPSA) is 55.6 Å². The van der Waals surface area contributed by atoms with Crippen LogP contribution in [0.1, 0.15) is 32.6 Å². The molecule has 0 aromatic heterocycles. The summed E-state index contributed by atoms with van der Waals surface area (Å²) in [6, 6.07) is 0. The molecule has 4 nitrogen and oxygen atoms in total. The van der Waals surface area contributed by atoms with E-state index in [0.29, 0.717) is 26.1 Å². The van der Waals surface area contributed by atoms with Crippen LogP contribution >= 0.6 is 0 Å². The summed E-state index contributed by atoms with van der Waals surface area (Å²) in [7, 11) is 1.65. The Balaban J connectivity index is 3.90. The maximum absolute atomic E-state index is 11.7. The lowest BCUT2D eigenvalue weighted by molar-refractivity contribution is -0.132. The van der Waals surface area contributed by atoms with Gasteiger partial charge in [0.2, 0.25) is 5.91 Å². The van der Waals surface area contributed by atoms with Gasteiger partial charge in [0.05, 0.1) is 6.61 Å². The van der Waals surface area contributed by atoms with Crippen molar-refractivity contribution in [2.75, 3.05) is 33.4 Å². The average Bonchev–Trinajstić information content (AvgIpc) is 2.26. The quantitative estimate of drug-likeness (QED) is 0.625. The predicted octanol–water partition coefficient (Wildman–Crippen LogP) is 1.00. The van der Waals surface area contributed by atoms with Gasteiger partial charge in [-0.05, 0) is 19.4 Å². The normalized spacial score (nSPS) is 10.3. The second kappa shape index (κ2) is 9.93. The van der Waals surface area contributed by atoms with Crippen molar-refractivity contribution >= 4 is 5.91 Å². The van der Waals surface area contributed by atoms with Crippen molar-refractivity contribution in [3.63, 3.8) is 0 Å². The highest BCUT2D eigenvalue weighted by atomic mass is 16.5. The van der Waals surface area contributed by atoms with E-state index in [2.05, 4.69) is 6.92 Å². The number of hydrogen-bond donors (Lipinski definition) is 1. The molecule has 0 atom stereocenters. The van der Waals surface area contributed by atoms with Crippen LogP contribution in [0.5, 0.6) is 0 Å². The Bertz CT molecular complexity index is 155. The molecule has 0 rings (SSSR count). The lowest BCUT2D eigenvalue weighted by atomic mass is 10.2. The molecule has 2 N–H and O–H groups in total. The highest BCUT2D eigenvalue weighted by molar-refractivity contribution is 5.76. The number of amides is 1. The summed E-state index contributed by atoms with van der Waals surface area (Å²) < 4.78 is 4.98. The molecule has 90 valence electrons. The van der Waals surface area contributed by atoms with Gasteiger partial charge in [-0.1, -0.05) is 13.3 Å². The van der Waals surface area contributed by atoms with Gasteiger partial charge in [0.15, 0.2) is 0 Å². The molecule has 0 aliphatic rings. The van der Waals surface area contributed by atoms with Crippen molar-refractivity contribution in [1.82, 2.24) is 4.90 Å². The molecule has 0 saturated carbocycles. The molecule has 4 heteroatoms. The van der Waals surface area contributed by atoms with Crippen LogP contribution in [0.3, 0.4) is 0 Å². The molecular weight excluding hydrogens is 192 g/mol. The third kappa shape index (κ3) is 7.33. The van der Waals surface area contributed by atoms with E-state index in [-0.39, 0.29) is 5.91 Å². The standard InChI is InChI=1S/C11H24N2O2/c1-3-4-6-11(14)13(8-5-7-12)9-10-15-2/h3-10,12H2,1-2H3. The highest BCUT2D eigenvalue weighted by Crippen LogP contribution is 2.01. The lowest BCUT2D eigenvalue weighted by Crippen LogP contribution is -2.35. The summed E-state index contributed by atoms with van der Waals surface area (Å²) in [6.07, 6.45) is 3.53. The molecule has 0 aliphatic carbocycles. The first-order valence-corrected chi connectivity index (χ1v) is 5.73. The number of hydrogen-bond acceptors (Lipinski definition) is 3. The van der Waals surface area contributed by atoms with Gasteiger partial charge in [0, 0.05) is 26.6 Å². The van der Waals surface area contributed by atoms with Crippen molar-refractivity contribution in [3.05, 3.63) is 0 Å². The van der Waals surface area contributed by atoms with Crippen LogP contribution < -0.4 is 5.73 Å². The zero-order chi connectivity index (χ0) is 11.5. The zero-order valence-corrected chi connectivity index (χ0v) is 10.00. The van der Waals surface area contributed by atoms with Gasteiger partial charge in [-0.2, -0.15) is 0 Å². The Hall–Kier alpha value is -0.610. The molecule has 0 spiro atoms. The van der Waals surface area contributed by atoms with Crippen LogP contribution in [0.15, 0.2) is 0 Å². The molecule has 0 saturated heterocycles. The summed E-state index contributed by atoms with van der Waals surface area (Å²) in [4.78, 5) is 13.6. The van der Waals surface area contributed by atoms with E-state index in [1.54, 1.807) is 7.11 Å². The van der Waals surface area contributed by atoms with E-state index in [4.69, 9.17) is 10.5 Å². The minimum absolute atomic E-state index is 0.224. The first kappa shape index (κ1) is 14.4. The molecule has 1 amide bonds. The summed E-state index contributed by atoms with van der Waals surface area (Å²) in [6.45, 7) is 4.75. The Morgan fingerprint density at radius 3 is 2.60 bits per heavy atom. The van der Waals surface area contributed by atoms with Gasteiger partial charge >= 0.3 is 0 Å². The number of carbonyl (C=O) groups is 1. The second-order valence-electron chi connectivity index (χ2n) is 3.62. The molecule has 0 aliphatic heterocycles. The van der Waals surface area contributed by atoms with Gasteiger partial charge in [0.25, 0.3) is 0 Å². The van der Waals surface area contributed by atoms with Crippen molar-refractivity contribution in [3.8, 4) is 0 Å². The van der Waals surface area contributed by atoms with Gasteiger partial charge in [-0.3, -0.25) is 4.79 Å². The maximum Gasteiger partial charge on any atom is 0.222 e. The van der Waals surface area contributed by atoms with E-state index in [9.17, 15) is 4.79 Å². The highest BCUT2D eigenvalue weighted by Gasteiger charge is 2.11. The SMILES string of the molecule is CCCCC(=O)N(CCCN)CCOC. The number of methoxy groups -OCH3 is 1. The molecule has 0 radical (unpaired) electrons. The van der Waals surface area contributed by atoms with Gasteiger partial charge < -0.3 is 15.4 Å². The largest absolute Gasteiger partial charge is 0.383 e. The molecular formula is C11H24N2O2. The molecule has 0 aromatic carbocycles. The third-order valence-corrected chi connectivity index (χ3v) is 2.29. The minimum Gasteiger partial charge on any atom is -0.383 e. The summed E-state index contributed by atoms with van der Waals surface area (Å²) in [5.41, 5.74) is 5.44. The fourth-order valence-corrected chi connectivity index (χ4v) is 1.33. The van der Waals surface area contributed by atoms with Crippen molar-refractivity contribution in [1.29, 1.82) is 0 Å². The van der Waals surface area contributed by atoms with Crippen molar-refractivity contribution in [2.24, 2.45) is 5.73 Å². The number of carbonyl (C=O) groups excluding carboxylic acids is 1. The Kier molecular flexibility index (Phi) is 9.52. The van der Waals surface area contributed by atoms with E-state index in [0.717, 1.165) is 25.8 Å². The maximum atomic E-state index is 11.7. The Morgan fingerprint density at radius 1 is 1.33 bits per heavy atom. The monoisotopic (exact) mass is 216 g/mol. The van der Waals surface area contributed by atoms with Crippen LogP contribution in [0, 0.1) is 0 Å². The van der Waals surface area contributed by atoms with Gasteiger partial charge in [-0.15, -0.1) is 0 Å². The van der Waals surface area contributed by atoms with Crippen LogP contribution in [0.4, 0.5) is 0 Å². The second-order valence-corrected chi connectivity index (χ2v) is 3.62. The average molecular weight is 216 g/mol. The minimum atomic E-state index is 0.224. The number of rotatable bonds is 9. The summed E-state index contributed by atoms with van der Waals surface area (Å²) in [5, 5.41) is 0. The number of unbranched alkanes of at least 4 members (excludes halogenated alkanes) is 1. The molecule has 0 fully saturated rings. The number of nitrogens with two attached hydrogens (primary N) is 1. The first-order valence-electron chi connectivity index (χ1n) is 5.73. The lowest BCUT2D eigenvalue weighted by Gasteiger charge is -2.22. The summed E-state index contributed by atoms with van der Waals surface area (Å²) >= 11 is 0. The number of nitrogens with zero attached hydrogens (tertiary/aromatic N) is 1. The van der Waals surface area contributed by atoms with E-state index in [1.165, 1.54) is 0 Å². The predicted molar refractivity (Wildman–Crippen MR) is 61.7 cm³/mol. The molecule has 0 unspecified atom stereocenters. The van der Waals surface area contributed by atoms with Gasteiger partial charge in [0.1, 0.15) is 0 Å². The van der Waals surface area contributed by atoms with Crippen molar-refractivity contribution < 1.29 is 9.53 Å². The molecule has 15 heavy (non-hydrogen) atoms. The Labute approximate surface area is 92.8 Å². The van der Waals surface area contributed by atoms with Crippen molar-refractivity contribution in [2.45, 2.75) is 32.6 Å². The third-order valence-electron chi connectivity index (χ3n) is 2.29. The zero-order valence-electron chi connectivity index (χ0n) is 10.00. The molecule has 0 bridgehead atoms. The summed E-state index contributed by atoms with van der Waals surface area (Å²) in [5.74, 6) is 0.224. The van der Waals surface area contributed by atoms with E-state index in [1.807, 2.05) is 4.90 Å². The smallest absolute Gasteiger partial charge is 0.222 e. The van der Waals surface area contributed by atoms with Gasteiger partial charge in [-0.25, -0.2) is 0 Å². The molecule has 0 heterocycles. The van der Waals surface area contributed by atoms with Crippen LogP contribution in [-0.2, 0) is 9.53 Å². The fourth-order valence-electron chi connectivity index (χ4n) is 1.33. The van der Waals surface area contributed by atoms with Crippen LogP contribution in [0.2, 0.25) is 0 Å². The van der Waals surface area contributed by atoms with Crippen LogP contribution in [0.25, 0.3) is 0 Å². The van der Waals surface area contributed by atoms with E-state index >= 15 is 0 Å². The fraction of sp³-hybridized carbons (Fsp3) is 0.909. The first-order chi connectivity index (χ1) is 7.26. The number of ether oxygens (including phenoxy) is 1. The molecule has 0 aromatic rings. The van der Waals surface area contributed by atoms with Crippen LogP contribution in [-0.4, -0.2) is 44.2 Å². The van der Waals surface area contributed by atoms with E-state index < -0.39 is 0 Å². The Morgan fingerprint density at radius 2 is 2.07 bits per heavy atom.